The minimum Gasteiger partial charge on any atom is -0.350 e. The van der Waals surface area contributed by atoms with Crippen LogP contribution in [0.1, 0.15) is 36.0 Å². The van der Waals surface area contributed by atoms with Crippen LogP contribution in [0, 0.1) is 11.6 Å². The first-order chi connectivity index (χ1) is 13.6. The SMILES string of the molecule is CS(=O)(=O)N1CCN(C(=O)c2cc(F)cc(F)c2)C1C(=O)NC1CCC(N)CC1. The van der Waals surface area contributed by atoms with Gasteiger partial charge < -0.3 is 16.0 Å². The summed E-state index contributed by atoms with van der Waals surface area (Å²) in [6.45, 7) is -0.159. The summed E-state index contributed by atoms with van der Waals surface area (Å²) in [5.74, 6) is -3.34. The number of nitrogens with one attached hydrogen (secondary N) is 1. The van der Waals surface area contributed by atoms with Crippen molar-refractivity contribution in [2.24, 2.45) is 5.73 Å². The highest BCUT2D eigenvalue weighted by Crippen LogP contribution is 2.23. The zero-order chi connectivity index (χ0) is 21.3. The summed E-state index contributed by atoms with van der Waals surface area (Å²) >= 11 is 0. The molecule has 2 amide bonds. The van der Waals surface area contributed by atoms with Crippen molar-refractivity contribution < 1.29 is 26.8 Å². The molecule has 29 heavy (non-hydrogen) atoms. The Morgan fingerprint density at radius 1 is 1.07 bits per heavy atom. The second-order valence-corrected chi connectivity index (χ2v) is 9.46. The van der Waals surface area contributed by atoms with Crippen LogP contribution in [0.15, 0.2) is 18.2 Å². The van der Waals surface area contributed by atoms with Crippen LogP contribution < -0.4 is 11.1 Å². The predicted molar refractivity (Wildman–Crippen MR) is 101 cm³/mol. The molecular weight excluding hydrogens is 406 g/mol. The van der Waals surface area contributed by atoms with E-state index in [9.17, 15) is 26.8 Å². The minimum absolute atomic E-state index is 0.0718. The molecule has 1 aromatic carbocycles. The van der Waals surface area contributed by atoms with Crippen molar-refractivity contribution in [1.82, 2.24) is 14.5 Å². The van der Waals surface area contributed by atoms with Gasteiger partial charge in [-0.05, 0) is 37.8 Å². The Morgan fingerprint density at radius 2 is 1.66 bits per heavy atom. The topological polar surface area (TPSA) is 113 Å². The summed E-state index contributed by atoms with van der Waals surface area (Å²) in [7, 11) is -3.80. The molecule has 1 heterocycles. The molecule has 1 aromatic rings. The minimum atomic E-state index is -3.80. The molecule has 1 saturated carbocycles. The van der Waals surface area contributed by atoms with E-state index < -0.39 is 39.6 Å². The Kier molecular flexibility index (Phi) is 6.20. The fourth-order valence-corrected chi connectivity index (χ4v) is 4.81. The molecule has 8 nitrogen and oxygen atoms in total. The van der Waals surface area contributed by atoms with Gasteiger partial charge in [-0.3, -0.25) is 9.59 Å². The molecule has 160 valence electrons. The Balaban J connectivity index is 1.85. The summed E-state index contributed by atoms with van der Waals surface area (Å²) in [5, 5.41) is 2.80. The van der Waals surface area contributed by atoms with Crippen LogP contribution in [0.5, 0.6) is 0 Å². The molecule has 11 heteroatoms. The van der Waals surface area contributed by atoms with E-state index in [1.807, 2.05) is 0 Å². The Labute approximate surface area is 168 Å². The van der Waals surface area contributed by atoms with Crippen molar-refractivity contribution in [1.29, 1.82) is 0 Å². The third-order valence-corrected chi connectivity index (χ3v) is 6.51. The Morgan fingerprint density at radius 3 is 2.21 bits per heavy atom. The van der Waals surface area contributed by atoms with Crippen molar-refractivity contribution >= 4 is 21.8 Å². The highest BCUT2D eigenvalue weighted by molar-refractivity contribution is 7.88. The second-order valence-electron chi connectivity index (χ2n) is 7.52. The quantitative estimate of drug-likeness (QED) is 0.718. The standard InChI is InChI=1S/C18H24F2N4O4S/c1-29(27,28)24-7-6-23(18(26)11-8-12(19)10-13(20)9-11)17(24)16(25)22-15-4-2-14(21)3-5-15/h8-10,14-15,17H,2-7,21H2,1H3,(H,22,25). The molecule has 2 aliphatic rings. The third kappa shape index (κ3) is 4.90. The summed E-state index contributed by atoms with van der Waals surface area (Å²) in [6, 6.07) is 2.23. The van der Waals surface area contributed by atoms with E-state index in [0.717, 1.165) is 40.4 Å². The van der Waals surface area contributed by atoms with Gasteiger partial charge in [-0.25, -0.2) is 17.2 Å². The van der Waals surface area contributed by atoms with Gasteiger partial charge in [0.25, 0.3) is 11.8 Å². The average molecular weight is 430 g/mol. The fourth-order valence-electron chi connectivity index (χ4n) is 3.82. The number of benzene rings is 1. The number of hydrogen-bond acceptors (Lipinski definition) is 5. The van der Waals surface area contributed by atoms with E-state index in [0.29, 0.717) is 18.9 Å². The van der Waals surface area contributed by atoms with Gasteiger partial charge in [0.1, 0.15) is 11.6 Å². The van der Waals surface area contributed by atoms with Crippen LogP contribution in [-0.4, -0.2) is 67.0 Å². The maximum absolute atomic E-state index is 13.5. The van der Waals surface area contributed by atoms with E-state index >= 15 is 0 Å². The van der Waals surface area contributed by atoms with Gasteiger partial charge in [0, 0.05) is 36.8 Å². The number of halogens is 2. The monoisotopic (exact) mass is 430 g/mol. The largest absolute Gasteiger partial charge is 0.350 e. The first kappa shape index (κ1) is 21.6. The lowest BCUT2D eigenvalue weighted by Crippen LogP contribution is -2.56. The molecule has 1 saturated heterocycles. The molecule has 1 atom stereocenters. The second kappa shape index (κ2) is 8.33. The van der Waals surface area contributed by atoms with Crippen LogP contribution in [0.2, 0.25) is 0 Å². The van der Waals surface area contributed by atoms with E-state index in [2.05, 4.69) is 5.32 Å². The molecule has 1 unspecified atom stereocenters. The highest BCUT2D eigenvalue weighted by Gasteiger charge is 2.45. The number of nitrogens with zero attached hydrogens (tertiary/aromatic N) is 2. The number of rotatable bonds is 4. The van der Waals surface area contributed by atoms with Crippen LogP contribution in [0.4, 0.5) is 8.78 Å². The van der Waals surface area contributed by atoms with E-state index in [1.54, 1.807) is 0 Å². The summed E-state index contributed by atoms with van der Waals surface area (Å²) in [4.78, 5) is 26.8. The van der Waals surface area contributed by atoms with Gasteiger partial charge in [-0.1, -0.05) is 0 Å². The van der Waals surface area contributed by atoms with E-state index in [4.69, 9.17) is 5.73 Å². The van der Waals surface area contributed by atoms with Gasteiger partial charge in [0.2, 0.25) is 10.0 Å². The first-order valence-electron chi connectivity index (χ1n) is 9.36. The molecule has 2 fully saturated rings. The van der Waals surface area contributed by atoms with E-state index in [1.165, 1.54) is 0 Å². The number of hydrogen-bond donors (Lipinski definition) is 2. The van der Waals surface area contributed by atoms with Crippen molar-refractivity contribution in [2.45, 2.75) is 43.9 Å². The van der Waals surface area contributed by atoms with Gasteiger partial charge in [0.15, 0.2) is 6.17 Å². The molecule has 0 radical (unpaired) electrons. The van der Waals surface area contributed by atoms with Crippen molar-refractivity contribution in [2.75, 3.05) is 19.3 Å². The van der Waals surface area contributed by atoms with Gasteiger partial charge in [-0.2, -0.15) is 4.31 Å². The highest BCUT2D eigenvalue weighted by atomic mass is 32.2. The maximum atomic E-state index is 13.5. The summed E-state index contributed by atoms with van der Waals surface area (Å²) < 4.78 is 52.3. The number of sulfonamides is 1. The average Bonchev–Trinajstić information content (AvgIpc) is 3.07. The van der Waals surface area contributed by atoms with Crippen molar-refractivity contribution in [3.63, 3.8) is 0 Å². The van der Waals surface area contributed by atoms with E-state index in [-0.39, 0.29) is 30.7 Å². The lowest BCUT2D eigenvalue weighted by Gasteiger charge is -2.32. The molecule has 0 aromatic heterocycles. The van der Waals surface area contributed by atoms with Crippen molar-refractivity contribution in [3.05, 3.63) is 35.4 Å². The molecule has 1 aliphatic heterocycles. The number of amides is 2. The normalized spacial score (nSPS) is 25.8. The van der Waals surface area contributed by atoms with Gasteiger partial charge in [0.05, 0.1) is 6.26 Å². The van der Waals surface area contributed by atoms with Crippen molar-refractivity contribution in [3.8, 4) is 0 Å². The lowest BCUT2D eigenvalue weighted by atomic mass is 9.92. The predicted octanol–water partition coefficient (Wildman–Crippen LogP) is 0.394. The third-order valence-electron chi connectivity index (χ3n) is 5.28. The zero-order valence-electron chi connectivity index (χ0n) is 16.0. The zero-order valence-corrected chi connectivity index (χ0v) is 16.8. The van der Waals surface area contributed by atoms with Crippen LogP contribution >= 0.6 is 0 Å². The summed E-state index contributed by atoms with van der Waals surface area (Å²) in [6.07, 6.45) is 2.30. The number of carbonyl (C=O) groups excluding carboxylic acids is 2. The number of carbonyl (C=O) groups is 2. The Hall–Kier alpha value is -2.11. The molecule has 3 rings (SSSR count). The molecular formula is C18H24F2N4O4S. The molecule has 0 spiro atoms. The smallest absolute Gasteiger partial charge is 0.259 e. The van der Waals surface area contributed by atoms with Gasteiger partial charge in [-0.15, -0.1) is 0 Å². The van der Waals surface area contributed by atoms with Crippen LogP contribution in [0.25, 0.3) is 0 Å². The molecule has 3 N–H and O–H groups in total. The number of nitrogens with two attached hydrogens (primary N) is 1. The molecule has 0 bridgehead atoms. The fraction of sp³-hybridized carbons (Fsp3) is 0.556. The van der Waals surface area contributed by atoms with Gasteiger partial charge >= 0.3 is 0 Å². The first-order valence-corrected chi connectivity index (χ1v) is 11.2. The summed E-state index contributed by atoms with van der Waals surface area (Å²) in [5.41, 5.74) is 5.57. The molecule has 1 aliphatic carbocycles. The lowest BCUT2D eigenvalue weighted by molar-refractivity contribution is -0.128. The van der Waals surface area contributed by atoms with Crippen LogP contribution in [-0.2, 0) is 14.8 Å². The Bertz CT molecular complexity index is 883. The van der Waals surface area contributed by atoms with Crippen LogP contribution in [0.3, 0.4) is 0 Å². The maximum Gasteiger partial charge on any atom is 0.259 e.